The van der Waals surface area contributed by atoms with E-state index in [1.54, 1.807) is 6.20 Å². The number of aryl methyl sites for hydroxylation is 1. The normalized spacial score (nSPS) is 9.62. The van der Waals surface area contributed by atoms with Crippen LogP contribution in [0.1, 0.15) is 0 Å². The molecule has 0 saturated carbocycles. The highest BCUT2D eigenvalue weighted by molar-refractivity contribution is 6.17. The van der Waals surface area contributed by atoms with E-state index in [1.807, 2.05) is 10.8 Å². The van der Waals surface area contributed by atoms with Gasteiger partial charge in [-0.2, -0.15) is 0 Å². The fourth-order valence-corrected chi connectivity index (χ4v) is 0.652. The van der Waals surface area contributed by atoms with Gasteiger partial charge in [0.25, 0.3) is 0 Å². The van der Waals surface area contributed by atoms with Gasteiger partial charge in [-0.25, -0.2) is 4.98 Å². The monoisotopic (exact) mass is 129 g/mol. The maximum absolute atomic E-state index is 5.42. The Morgan fingerprint density at radius 1 is 1.75 bits per heavy atom. The number of aromatic nitrogens is 2. The number of imidazole rings is 1. The van der Waals surface area contributed by atoms with Crippen LogP contribution in [0.2, 0.25) is 0 Å². The summed E-state index contributed by atoms with van der Waals surface area (Å²) in [5.74, 6) is 0.618. The smallest absolute Gasteiger partial charge is 0.176 e. The van der Waals surface area contributed by atoms with Gasteiger partial charge < -0.3 is 4.57 Å². The summed E-state index contributed by atoms with van der Waals surface area (Å²) in [5.41, 5.74) is 0. The molecule has 2 nitrogen and oxygen atoms in total. The van der Waals surface area contributed by atoms with E-state index >= 15 is 0 Å². The highest BCUT2D eigenvalue weighted by atomic mass is 35.5. The lowest BCUT2D eigenvalue weighted by Crippen LogP contribution is -1.94. The summed E-state index contributed by atoms with van der Waals surface area (Å²) in [5, 5.41) is 0. The van der Waals surface area contributed by atoms with Crippen LogP contribution in [-0.4, -0.2) is 15.4 Å². The van der Waals surface area contributed by atoms with Gasteiger partial charge in [0.1, 0.15) is 0 Å². The molecular weight excluding hydrogens is 124 g/mol. The minimum atomic E-state index is 0.618. The predicted octanol–water partition coefficient (Wildman–Crippen LogP) is 0.922. The summed E-state index contributed by atoms with van der Waals surface area (Å²) in [7, 11) is 0. The molecule has 3 heteroatoms. The lowest BCUT2D eigenvalue weighted by Gasteiger charge is -1.91. The van der Waals surface area contributed by atoms with Crippen molar-refractivity contribution in [1.82, 2.24) is 9.55 Å². The van der Waals surface area contributed by atoms with Crippen LogP contribution in [0.25, 0.3) is 0 Å². The summed E-state index contributed by atoms with van der Waals surface area (Å²) < 4.78 is 1.81. The fourth-order valence-electron chi connectivity index (χ4n) is 0.470. The number of hydrogen-bond acceptors (Lipinski definition) is 1. The van der Waals surface area contributed by atoms with Crippen molar-refractivity contribution in [3.63, 3.8) is 0 Å². The van der Waals surface area contributed by atoms with Crippen LogP contribution in [0.15, 0.2) is 12.4 Å². The molecule has 0 aliphatic rings. The lowest BCUT2D eigenvalue weighted by atomic mass is 10.7. The summed E-state index contributed by atoms with van der Waals surface area (Å²) in [6.07, 6.45) is 6.24. The molecule has 0 amide bonds. The van der Waals surface area contributed by atoms with Gasteiger partial charge in [-0.15, -0.1) is 11.6 Å². The molecule has 0 bridgehead atoms. The third-order valence-electron chi connectivity index (χ3n) is 0.833. The Morgan fingerprint density at radius 2 is 2.62 bits per heavy atom. The molecule has 0 fully saturated rings. The van der Waals surface area contributed by atoms with Crippen LogP contribution >= 0.6 is 11.6 Å². The number of alkyl halides is 1. The van der Waals surface area contributed by atoms with Crippen molar-refractivity contribution in [2.75, 3.05) is 5.88 Å². The Bertz CT molecular complexity index is 136. The number of halogens is 1. The van der Waals surface area contributed by atoms with Crippen molar-refractivity contribution >= 4 is 11.6 Å². The maximum Gasteiger partial charge on any atom is 0.176 e. The van der Waals surface area contributed by atoms with E-state index < -0.39 is 0 Å². The van der Waals surface area contributed by atoms with E-state index in [1.165, 1.54) is 0 Å². The predicted molar refractivity (Wildman–Crippen MR) is 31.8 cm³/mol. The minimum Gasteiger partial charge on any atom is -0.327 e. The van der Waals surface area contributed by atoms with Gasteiger partial charge in [0.2, 0.25) is 0 Å². The molecule has 1 heterocycles. The molecule has 1 aromatic heterocycles. The average molecular weight is 130 g/mol. The molecule has 0 spiro atoms. The zero-order valence-electron chi connectivity index (χ0n) is 4.34. The first-order chi connectivity index (χ1) is 3.93. The standard InChI is InChI=1S/C5H6ClN2/c6-1-3-8-4-2-7-5-8/h2,4H,1,3H2. The minimum absolute atomic E-state index is 0.618. The average Bonchev–Trinajstić information content (AvgIpc) is 2.19. The molecule has 0 unspecified atom stereocenters. The quantitative estimate of drug-likeness (QED) is 0.543. The van der Waals surface area contributed by atoms with Gasteiger partial charge in [0.15, 0.2) is 6.33 Å². The molecular formula is C5H6ClN2. The molecule has 1 rings (SSSR count). The summed E-state index contributed by atoms with van der Waals surface area (Å²) in [6, 6.07) is 0. The molecule has 1 aromatic rings. The van der Waals surface area contributed by atoms with Crippen molar-refractivity contribution in [2.24, 2.45) is 0 Å². The van der Waals surface area contributed by atoms with E-state index in [4.69, 9.17) is 11.6 Å². The molecule has 0 saturated heterocycles. The largest absolute Gasteiger partial charge is 0.327 e. The van der Waals surface area contributed by atoms with Crippen molar-refractivity contribution < 1.29 is 0 Å². The zero-order chi connectivity index (χ0) is 5.82. The topological polar surface area (TPSA) is 17.8 Å². The maximum atomic E-state index is 5.42. The van der Waals surface area contributed by atoms with Crippen molar-refractivity contribution in [2.45, 2.75) is 6.54 Å². The first-order valence-corrected chi connectivity index (χ1v) is 2.91. The Kier molecular flexibility index (Phi) is 1.92. The molecule has 0 aliphatic heterocycles. The highest BCUT2D eigenvalue weighted by Crippen LogP contribution is 1.85. The SMILES string of the molecule is ClCCn1[c]ncc1. The highest BCUT2D eigenvalue weighted by Gasteiger charge is 1.84. The van der Waals surface area contributed by atoms with E-state index in [0.717, 1.165) is 6.54 Å². The molecule has 0 aliphatic carbocycles. The van der Waals surface area contributed by atoms with Crippen LogP contribution in [-0.2, 0) is 6.54 Å². The Balaban J connectivity index is 2.50. The van der Waals surface area contributed by atoms with Crippen molar-refractivity contribution in [3.05, 3.63) is 18.7 Å². The van der Waals surface area contributed by atoms with Crippen LogP contribution in [0, 0.1) is 6.33 Å². The third-order valence-corrected chi connectivity index (χ3v) is 1.00. The van der Waals surface area contributed by atoms with Gasteiger partial charge in [0, 0.05) is 24.8 Å². The number of nitrogens with zero attached hydrogens (tertiary/aromatic N) is 2. The molecule has 43 valence electrons. The molecule has 0 aromatic carbocycles. The second-order valence-corrected chi connectivity index (χ2v) is 1.79. The zero-order valence-corrected chi connectivity index (χ0v) is 5.10. The lowest BCUT2D eigenvalue weighted by molar-refractivity contribution is 0.760. The van der Waals surface area contributed by atoms with E-state index in [9.17, 15) is 0 Å². The van der Waals surface area contributed by atoms with E-state index in [2.05, 4.69) is 11.3 Å². The van der Waals surface area contributed by atoms with Gasteiger partial charge in [-0.3, -0.25) is 0 Å². The van der Waals surface area contributed by atoms with Crippen LogP contribution < -0.4 is 0 Å². The van der Waals surface area contributed by atoms with Gasteiger partial charge in [-0.1, -0.05) is 0 Å². The van der Waals surface area contributed by atoms with Crippen LogP contribution in [0.3, 0.4) is 0 Å². The Labute approximate surface area is 53.1 Å². The molecule has 0 atom stereocenters. The van der Waals surface area contributed by atoms with Crippen LogP contribution in [0.4, 0.5) is 0 Å². The van der Waals surface area contributed by atoms with E-state index in [0.29, 0.717) is 5.88 Å². The van der Waals surface area contributed by atoms with Gasteiger partial charge in [-0.05, 0) is 0 Å². The molecule has 8 heavy (non-hydrogen) atoms. The first kappa shape index (κ1) is 5.63. The fraction of sp³-hybridized carbons (Fsp3) is 0.400. The molecule has 0 N–H and O–H groups in total. The number of hydrogen-bond donors (Lipinski definition) is 0. The first-order valence-electron chi connectivity index (χ1n) is 2.38. The number of rotatable bonds is 2. The van der Waals surface area contributed by atoms with Crippen LogP contribution in [0.5, 0.6) is 0 Å². The van der Waals surface area contributed by atoms with Gasteiger partial charge >= 0.3 is 0 Å². The second-order valence-electron chi connectivity index (χ2n) is 1.41. The summed E-state index contributed by atoms with van der Waals surface area (Å²) in [4.78, 5) is 3.72. The van der Waals surface area contributed by atoms with E-state index in [-0.39, 0.29) is 0 Å². The third kappa shape index (κ3) is 1.23. The summed E-state index contributed by atoms with van der Waals surface area (Å²) in [6.45, 7) is 0.793. The Hall–Kier alpha value is -0.500. The Morgan fingerprint density at radius 3 is 3.12 bits per heavy atom. The second kappa shape index (κ2) is 2.72. The van der Waals surface area contributed by atoms with Crippen molar-refractivity contribution in [3.8, 4) is 0 Å². The van der Waals surface area contributed by atoms with Crippen molar-refractivity contribution in [1.29, 1.82) is 0 Å². The molecule has 1 radical (unpaired) electrons. The van der Waals surface area contributed by atoms with Gasteiger partial charge in [0.05, 0.1) is 0 Å². The summed E-state index contributed by atoms with van der Waals surface area (Å²) >= 11 is 5.42.